The molecule has 0 radical (unpaired) electrons. The van der Waals surface area contributed by atoms with E-state index in [9.17, 15) is 23.7 Å². The van der Waals surface area contributed by atoms with Gasteiger partial charge < -0.3 is 34.6 Å². The lowest BCUT2D eigenvalue weighted by atomic mass is 9.72. The molecular formula is C57H62BrFN11O6P. The van der Waals surface area contributed by atoms with Gasteiger partial charge in [0.2, 0.25) is 17.8 Å². The number of anilines is 6. The smallest absolute Gasteiger partial charge is 0.262 e. The first kappa shape index (κ1) is 52.1. The van der Waals surface area contributed by atoms with Crippen LogP contribution in [0.25, 0.3) is 22.3 Å². The van der Waals surface area contributed by atoms with Gasteiger partial charge in [-0.2, -0.15) is 10.1 Å². The number of hydrogen-bond donors (Lipinski definition) is 3. The fraction of sp³-hybridized carbons (Fsp3) is 0.386. The molecule has 0 aliphatic carbocycles. The number of fused-ring (bicyclic) bond motifs is 1. The summed E-state index contributed by atoms with van der Waals surface area (Å²) in [5, 5.41) is 14.3. The van der Waals surface area contributed by atoms with Crippen molar-refractivity contribution in [3.05, 3.63) is 113 Å². The zero-order valence-corrected chi connectivity index (χ0v) is 46.1. The zero-order valence-electron chi connectivity index (χ0n) is 43.7. The molecule has 4 saturated heterocycles. The quantitative estimate of drug-likeness (QED) is 0.0734. The standard InChI is InChI=1S/C57H62BrFN11O6P/c1-66-33-38(30-61-66)39-27-45(63-56-60-31-42(58)52(65-56)62-44-12-11-37(25-50(44)77(3,4)75)36-9-6-5-7-10-36)49(76-2)29-47(39)68-21-15-35(16-22-68)32-67-20-8-17-57(34-67)18-23-69(24-19-57)48-28-41-40(26-43(48)59)54(73)70(55(41)74)46-13-14-51(71)64-53(46)72/h5-7,9-12,25-31,33,35,46H,8,13-24,32,34H2,1-4H3,(H,64,71,72)(H2,60,62,63,65). The number of rotatable bonds is 13. The van der Waals surface area contributed by atoms with Gasteiger partial charge in [0.25, 0.3) is 11.8 Å². The Morgan fingerprint density at radius 3 is 2.25 bits per heavy atom. The molecule has 400 valence electrons. The minimum Gasteiger partial charge on any atom is -0.494 e. The fourth-order valence-corrected chi connectivity index (χ4v) is 13.5. The van der Waals surface area contributed by atoms with Gasteiger partial charge in [0.15, 0.2) is 0 Å². The van der Waals surface area contributed by atoms with Crippen LogP contribution in [0.1, 0.15) is 72.1 Å². The molecule has 77 heavy (non-hydrogen) atoms. The Hall–Kier alpha value is -6.95. The van der Waals surface area contributed by atoms with Crippen LogP contribution in [0.2, 0.25) is 0 Å². The number of halogens is 2. The van der Waals surface area contributed by atoms with Crippen LogP contribution in [-0.2, 0) is 21.2 Å². The van der Waals surface area contributed by atoms with Crippen LogP contribution in [0.3, 0.4) is 0 Å². The number of aryl methyl sites for hydroxylation is 1. The number of carbonyl (C=O) groups excluding carboxylic acids is 4. The van der Waals surface area contributed by atoms with Crippen molar-refractivity contribution < 1.29 is 32.9 Å². The lowest BCUT2D eigenvalue weighted by Crippen LogP contribution is -2.54. The molecule has 5 aliphatic rings. The third-order valence-electron chi connectivity index (χ3n) is 16.1. The van der Waals surface area contributed by atoms with Crippen molar-refractivity contribution in [2.75, 3.05) is 86.7 Å². The van der Waals surface area contributed by atoms with E-state index in [-0.39, 0.29) is 29.4 Å². The first-order valence-corrected chi connectivity index (χ1v) is 29.7. The van der Waals surface area contributed by atoms with Gasteiger partial charge in [-0.3, -0.25) is 34.1 Å². The summed E-state index contributed by atoms with van der Waals surface area (Å²) in [6.07, 6.45) is 11.7. The van der Waals surface area contributed by atoms with E-state index in [1.54, 1.807) is 31.3 Å². The summed E-state index contributed by atoms with van der Waals surface area (Å²) < 4.78 is 38.0. The number of likely N-dealkylation sites (tertiary alicyclic amines) is 1. The highest BCUT2D eigenvalue weighted by atomic mass is 79.9. The van der Waals surface area contributed by atoms with Gasteiger partial charge in [-0.05, 0) is 134 Å². The Morgan fingerprint density at radius 2 is 1.55 bits per heavy atom. The second kappa shape index (κ2) is 21.1. The lowest BCUT2D eigenvalue weighted by Gasteiger charge is -2.49. The van der Waals surface area contributed by atoms with Crippen molar-refractivity contribution in [1.82, 2.24) is 34.9 Å². The van der Waals surface area contributed by atoms with Gasteiger partial charge in [0.05, 0.1) is 46.0 Å². The first-order valence-electron chi connectivity index (χ1n) is 26.3. The van der Waals surface area contributed by atoms with Crippen LogP contribution in [0, 0.1) is 17.2 Å². The second-order valence-corrected chi connectivity index (χ2v) is 25.7. The number of piperidine rings is 4. The van der Waals surface area contributed by atoms with Crippen LogP contribution >= 0.6 is 23.1 Å². The maximum atomic E-state index is 15.8. The van der Waals surface area contributed by atoms with Crippen molar-refractivity contribution in [3.8, 4) is 28.0 Å². The number of nitrogens with zero attached hydrogens (tertiary/aromatic N) is 8. The summed E-state index contributed by atoms with van der Waals surface area (Å²) in [6.45, 7) is 9.58. The Labute approximate surface area is 455 Å². The SMILES string of the molecule is COc1cc(N2CCC(CN3CCCC4(CCN(c5cc6c(cc5F)C(=O)N(C5CCC(=O)NC5=O)C6=O)CC4)C3)CC2)c(-c2cnn(C)c2)cc1Nc1ncc(Br)c(Nc2ccc(-c3ccccc3)cc2P(C)(C)=O)n1. The molecule has 1 unspecified atom stereocenters. The predicted octanol–water partition coefficient (Wildman–Crippen LogP) is 9.19. The normalized spacial score (nSPS) is 19.2. The van der Waals surface area contributed by atoms with E-state index in [0.717, 1.165) is 115 Å². The Balaban J connectivity index is 0.742. The molecular weight excluding hydrogens is 1060 g/mol. The average molecular weight is 1130 g/mol. The summed E-state index contributed by atoms with van der Waals surface area (Å²) in [6, 6.07) is 21.7. The summed E-state index contributed by atoms with van der Waals surface area (Å²) in [5.41, 5.74) is 6.86. The van der Waals surface area contributed by atoms with Gasteiger partial charge in [0, 0.05) is 93.3 Å². The molecule has 17 nitrogen and oxygen atoms in total. The monoisotopic (exact) mass is 1130 g/mol. The second-order valence-electron chi connectivity index (χ2n) is 21.6. The van der Waals surface area contributed by atoms with E-state index in [4.69, 9.17) is 9.72 Å². The molecule has 4 fully saturated rings. The maximum absolute atomic E-state index is 15.8. The number of methoxy groups -OCH3 is 1. The fourth-order valence-electron chi connectivity index (χ4n) is 12.1. The van der Waals surface area contributed by atoms with Gasteiger partial charge in [0.1, 0.15) is 30.6 Å². The highest BCUT2D eigenvalue weighted by Crippen LogP contribution is 2.45. The minimum atomic E-state index is -2.73. The molecule has 1 spiro atoms. The van der Waals surface area contributed by atoms with E-state index in [2.05, 4.69) is 63.9 Å². The molecule has 4 amide bonds. The molecule has 6 aromatic rings. The van der Waals surface area contributed by atoms with Gasteiger partial charge in [-0.1, -0.05) is 36.4 Å². The van der Waals surface area contributed by atoms with Crippen molar-refractivity contribution >= 4 is 86.5 Å². The molecule has 11 rings (SSSR count). The van der Waals surface area contributed by atoms with Gasteiger partial charge in [-0.15, -0.1) is 0 Å². The number of aromatic nitrogens is 4. The van der Waals surface area contributed by atoms with Crippen molar-refractivity contribution in [3.63, 3.8) is 0 Å². The van der Waals surface area contributed by atoms with Gasteiger partial charge in [-0.25, -0.2) is 9.37 Å². The maximum Gasteiger partial charge on any atom is 0.262 e. The number of nitrogens with one attached hydrogen (secondary N) is 3. The highest BCUT2D eigenvalue weighted by molar-refractivity contribution is 9.10. The van der Waals surface area contributed by atoms with E-state index >= 15 is 4.39 Å². The average Bonchev–Trinajstić information content (AvgIpc) is 3.97. The number of imide groups is 2. The molecule has 5 aliphatic heterocycles. The summed E-state index contributed by atoms with van der Waals surface area (Å²) in [5.74, 6) is -1.05. The molecule has 7 heterocycles. The molecule has 3 N–H and O–H groups in total. The van der Waals surface area contributed by atoms with E-state index in [1.807, 2.05) is 72.9 Å². The van der Waals surface area contributed by atoms with E-state index in [1.165, 1.54) is 6.07 Å². The predicted molar refractivity (Wildman–Crippen MR) is 300 cm³/mol. The zero-order chi connectivity index (χ0) is 53.8. The molecule has 2 aromatic heterocycles. The number of ether oxygens (including phenoxy) is 1. The van der Waals surface area contributed by atoms with Crippen molar-refractivity contribution in [1.29, 1.82) is 0 Å². The third kappa shape index (κ3) is 10.6. The summed E-state index contributed by atoms with van der Waals surface area (Å²) >= 11 is 3.64. The largest absolute Gasteiger partial charge is 0.494 e. The Bertz CT molecular complexity index is 3350. The Kier molecular flexibility index (Phi) is 14.3. The van der Waals surface area contributed by atoms with Gasteiger partial charge >= 0.3 is 0 Å². The number of hydrogen-bond acceptors (Lipinski definition) is 14. The topological polar surface area (TPSA) is 187 Å². The van der Waals surface area contributed by atoms with Crippen molar-refractivity contribution in [2.45, 2.75) is 57.4 Å². The molecule has 0 bridgehead atoms. The van der Waals surface area contributed by atoms with Crippen LogP contribution < -0.4 is 35.8 Å². The van der Waals surface area contributed by atoms with Crippen LogP contribution in [0.5, 0.6) is 5.75 Å². The molecule has 1 atom stereocenters. The number of amides is 4. The van der Waals surface area contributed by atoms with E-state index in [0.29, 0.717) is 58.1 Å². The number of benzene rings is 4. The number of carbonyl (C=O) groups is 4. The Morgan fingerprint density at radius 1 is 0.805 bits per heavy atom. The van der Waals surface area contributed by atoms with E-state index < -0.39 is 42.6 Å². The van der Waals surface area contributed by atoms with Crippen LogP contribution in [-0.4, -0.2) is 125 Å². The third-order valence-corrected chi connectivity index (χ3v) is 18.3. The van der Waals surface area contributed by atoms with Crippen LogP contribution in [0.4, 0.5) is 38.9 Å². The summed E-state index contributed by atoms with van der Waals surface area (Å²) in [4.78, 5) is 68.7. The van der Waals surface area contributed by atoms with Crippen LogP contribution in [0.15, 0.2) is 95.9 Å². The molecule has 0 saturated carbocycles. The molecule has 20 heteroatoms. The first-order chi connectivity index (χ1) is 37.0. The minimum absolute atomic E-state index is 0.0161. The highest BCUT2D eigenvalue weighted by Gasteiger charge is 2.46. The van der Waals surface area contributed by atoms with Crippen molar-refractivity contribution in [2.24, 2.45) is 18.4 Å². The molecule has 4 aromatic carbocycles. The lowest BCUT2D eigenvalue weighted by molar-refractivity contribution is -0.136. The summed E-state index contributed by atoms with van der Waals surface area (Å²) in [7, 11) is 0.849.